The third kappa shape index (κ3) is 8.25. The van der Waals surface area contributed by atoms with Crippen LogP contribution < -0.4 is 4.72 Å². The van der Waals surface area contributed by atoms with Crippen LogP contribution in [0.3, 0.4) is 0 Å². The predicted molar refractivity (Wildman–Crippen MR) is 56.1 cm³/mol. The van der Waals surface area contributed by atoms with Crippen LogP contribution in [0.2, 0.25) is 0 Å². The molecule has 0 aliphatic heterocycles. The third-order valence-corrected chi connectivity index (χ3v) is 3.19. The monoisotopic (exact) mass is 207 g/mol. The molecule has 0 aliphatic carbocycles. The summed E-state index contributed by atoms with van der Waals surface area (Å²) in [6.45, 7) is 10.3. The molecule has 0 spiro atoms. The Hall–Kier alpha value is -0.0900. The molecule has 0 unspecified atom stereocenters. The first-order valence-corrected chi connectivity index (χ1v) is 6.25. The topological polar surface area (TPSA) is 46.2 Å². The van der Waals surface area contributed by atoms with Gasteiger partial charge in [-0.3, -0.25) is 0 Å². The van der Waals surface area contributed by atoms with Crippen molar-refractivity contribution in [2.24, 2.45) is 11.3 Å². The summed E-state index contributed by atoms with van der Waals surface area (Å²) in [6.07, 6.45) is 0. The van der Waals surface area contributed by atoms with Crippen LogP contribution >= 0.6 is 0 Å². The maximum Gasteiger partial charge on any atom is 0.212 e. The largest absolute Gasteiger partial charge is 0.215 e. The molecule has 0 radical (unpaired) electrons. The molecule has 0 aromatic heterocycles. The number of nitrogens with one attached hydrogen (secondary N) is 1. The average Bonchev–Trinajstić information content (AvgIpc) is 1.78. The summed E-state index contributed by atoms with van der Waals surface area (Å²) in [4.78, 5) is 0. The van der Waals surface area contributed by atoms with Gasteiger partial charge in [0.1, 0.15) is 0 Å². The van der Waals surface area contributed by atoms with Gasteiger partial charge in [0.25, 0.3) is 0 Å². The predicted octanol–water partition coefficient (Wildman–Crippen LogP) is 1.61. The highest BCUT2D eigenvalue weighted by atomic mass is 32.2. The smallest absolute Gasteiger partial charge is 0.212 e. The van der Waals surface area contributed by atoms with E-state index in [-0.39, 0.29) is 11.2 Å². The average molecular weight is 207 g/mol. The fourth-order valence-electron chi connectivity index (χ4n) is 0.915. The molecule has 0 heterocycles. The second-order valence-corrected chi connectivity index (χ2v) is 6.87. The normalized spacial score (nSPS) is 13.7. The molecule has 0 aliphatic rings. The summed E-state index contributed by atoms with van der Waals surface area (Å²) < 4.78 is 25.5. The summed E-state index contributed by atoms with van der Waals surface area (Å²) in [5.41, 5.74) is -0.178. The zero-order valence-electron chi connectivity index (χ0n) is 9.22. The Balaban J connectivity index is 4.11. The molecule has 13 heavy (non-hydrogen) atoms. The summed E-state index contributed by atoms with van der Waals surface area (Å²) in [7, 11) is -3.08. The molecule has 0 aromatic carbocycles. The zero-order valence-corrected chi connectivity index (χ0v) is 10.0. The fraction of sp³-hybridized carbons (Fsp3) is 1.00. The molecule has 4 heteroatoms. The van der Waals surface area contributed by atoms with E-state index >= 15 is 0 Å². The lowest BCUT2D eigenvalue weighted by atomic mass is 10.0. The van der Waals surface area contributed by atoms with Crippen LogP contribution in [0.5, 0.6) is 0 Å². The molecule has 1 N–H and O–H groups in total. The Kier molecular flexibility index (Phi) is 4.39. The van der Waals surface area contributed by atoms with Crippen LogP contribution in [0.4, 0.5) is 0 Å². The van der Waals surface area contributed by atoms with E-state index in [9.17, 15) is 8.42 Å². The van der Waals surface area contributed by atoms with E-state index in [4.69, 9.17) is 0 Å². The van der Waals surface area contributed by atoms with Gasteiger partial charge < -0.3 is 0 Å². The molecule has 0 aromatic rings. The highest BCUT2D eigenvalue weighted by Gasteiger charge is 2.20. The number of rotatable bonds is 4. The van der Waals surface area contributed by atoms with Crippen molar-refractivity contribution in [3.63, 3.8) is 0 Å². The quantitative estimate of drug-likeness (QED) is 0.761. The van der Waals surface area contributed by atoms with Crippen LogP contribution in [0.25, 0.3) is 0 Å². The highest BCUT2D eigenvalue weighted by Crippen LogP contribution is 2.15. The van der Waals surface area contributed by atoms with Gasteiger partial charge in [-0.2, -0.15) is 0 Å². The maximum atomic E-state index is 11.4. The van der Waals surface area contributed by atoms with E-state index in [0.29, 0.717) is 12.5 Å². The highest BCUT2D eigenvalue weighted by molar-refractivity contribution is 7.89. The Bertz CT molecular complexity index is 237. The molecular formula is C9H21NO2S. The van der Waals surface area contributed by atoms with Crippen molar-refractivity contribution < 1.29 is 8.42 Å². The lowest BCUT2D eigenvalue weighted by molar-refractivity contribution is 0.456. The van der Waals surface area contributed by atoms with E-state index in [1.165, 1.54) is 0 Å². The zero-order chi connectivity index (χ0) is 10.7. The van der Waals surface area contributed by atoms with E-state index in [1.54, 1.807) is 0 Å². The minimum Gasteiger partial charge on any atom is -0.215 e. The lowest BCUT2D eigenvalue weighted by Gasteiger charge is -2.18. The number of sulfonamides is 1. The third-order valence-electron chi connectivity index (χ3n) is 1.33. The van der Waals surface area contributed by atoms with Gasteiger partial charge in [0.05, 0.1) is 5.75 Å². The van der Waals surface area contributed by atoms with E-state index in [1.807, 2.05) is 34.6 Å². The van der Waals surface area contributed by atoms with Crippen LogP contribution in [0, 0.1) is 11.3 Å². The van der Waals surface area contributed by atoms with Gasteiger partial charge in [-0.25, -0.2) is 13.1 Å². The summed E-state index contributed by atoms with van der Waals surface area (Å²) in [5.74, 6) is 0.543. The molecule has 0 amide bonds. The summed E-state index contributed by atoms with van der Waals surface area (Å²) in [5, 5.41) is 0. The first-order valence-electron chi connectivity index (χ1n) is 4.60. The summed E-state index contributed by atoms with van der Waals surface area (Å²) >= 11 is 0. The molecule has 0 saturated heterocycles. The molecule has 3 nitrogen and oxygen atoms in total. The number of hydrogen-bond acceptors (Lipinski definition) is 2. The van der Waals surface area contributed by atoms with Crippen LogP contribution in [-0.2, 0) is 10.0 Å². The van der Waals surface area contributed by atoms with Gasteiger partial charge in [-0.1, -0.05) is 34.6 Å². The molecular weight excluding hydrogens is 186 g/mol. The van der Waals surface area contributed by atoms with E-state index in [2.05, 4.69) is 4.72 Å². The Morgan fingerprint density at radius 3 is 2.00 bits per heavy atom. The minimum absolute atomic E-state index is 0.178. The van der Waals surface area contributed by atoms with Crippen molar-refractivity contribution in [2.45, 2.75) is 34.6 Å². The van der Waals surface area contributed by atoms with Crippen molar-refractivity contribution in [1.82, 2.24) is 4.72 Å². The Morgan fingerprint density at radius 2 is 1.69 bits per heavy atom. The van der Waals surface area contributed by atoms with E-state index < -0.39 is 10.0 Å². The Labute approximate surface area is 82.0 Å². The van der Waals surface area contributed by atoms with E-state index in [0.717, 1.165) is 0 Å². The maximum absolute atomic E-state index is 11.4. The molecule has 0 bridgehead atoms. The van der Waals surface area contributed by atoms with Crippen LogP contribution in [0.15, 0.2) is 0 Å². The van der Waals surface area contributed by atoms with Gasteiger partial charge in [0.15, 0.2) is 0 Å². The van der Waals surface area contributed by atoms with Crippen molar-refractivity contribution in [1.29, 1.82) is 0 Å². The standard InChI is InChI=1S/C9H21NO2S/c1-8(2)6-10-13(11,12)7-9(3,4)5/h8,10H,6-7H2,1-5H3. The van der Waals surface area contributed by atoms with Gasteiger partial charge in [-0.15, -0.1) is 0 Å². The van der Waals surface area contributed by atoms with Gasteiger partial charge in [0.2, 0.25) is 10.0 Å². The van der Waals surface area contributed by atoms with Crippen molar-refractivity contribution in [2.75, 3.05) is 12.3 Å². The molecule has 0 atom stereocenters. The second-order valence-electron chi connectivity index (χ2n) is 5.06. The van der Waals surface area contributed by atoms with Gasteiger partial charge in [-0.05, 0) is 11.3 Å². The molecule has 80 valence electrons. The first-order chi connectivity index (χ1) is 5.62. The SMILES string of the molecule is CC(C)CNS(=O)(=O)CC(C)(C)C. The van der Waals surface area contributed by atoms with Gasteiger partial charge >= 0.3 is 0 Å². The number of hydrogen-bond donors (Lipinski definition) is 1. The van der Waals surface area contributed by atoms with Crippen molar-refractivity contribution in [3.05, 3.63) is 0 Å². The fourth-order valence-corrected chi connectivity index (χ4v) is 2.74. The minimum atomic E-state index is -3.08. The van der Waals surface area contributed by atoms with Crippen LogP contribution in [-0.4, -0.2) is 20.7 Å². The molecule has 0 fully saturated rings. The Morgan fingerprint density at radius 1 is 1.23 bits per heavy atom. The lowest BCUT2D eigenvalue weighted by Crippen LogP contribution is -2.34. The van der Waals surface area contributed by atoms with Crippen molar-refractivity contribution >= 4 is 10.0 Å². The first kappa shape index (κ1) is 12.9. The van der Waals surface area contributed by atoms with Gasteiger partial charge in [0, 0.05) is 6.54 Å². The second kappa shape index (κ2) is 4.42. The molecule has 0 saturated carbocycles. The summed E-state index contributed by atoms with van der Waals surface area (Å²) in [6, 6.07) is 0. The molecule has 0 rings (SSSR count). The van der Waals surface area contributed by atoms with Crippen molar-refractivity contribution in [3.8, 4) is 0 Å². The van der Waals surface area contributed by atoms with Crippen LogP contribution in [0.1, 0.15) is 34.6 Å².